The molecule has 0 spiro atoms. The van der Waals surface area contributed by atoms with Gasteiger partial charge in [0, 0.05) is 21.7 Å². The maximum atomic E-state index is 10.9. The fourth-order valence-electron chi connectivity index (χ4n) is 1.35. The lowest BCUT2D eigenvalue weighted by molar-refractivity contribution is 0.401. The fourth-order valence-corrected chi connectivity index (χ4v) is 2.86. The molecule has 6 heteroatoms. The molecule has 0 unspecified atom stereocenters. The van der Waals surface area contributed by atoms with E-state index in [0.717, 1.165) is 16.6 Å². The van der Waals surface area contributed by atoms with Gasteiger partial charge < -0.3 is 4.90 Å². The Morgan fingerprint density at radius 3 is 2.44 bits per heavy atom. The summed E-state index contributed by atoms with van der Waals surface area (Å²) in [6.07, 6.45) is 0. The number of rotatable bonds is 4. The van der Waals surface area contributed by atoms with E-state index in [1.165, 1.54) is 0 Å². The average molecular weight is 327 g/mol. The van der Waals surface area contributed by atoms with Gasteiger partial charge in [0.25, 0.3) is 0 Å². The van der Waals surface area contributed by atoms with E-state index in [4.69, 9.17) is 10.7 Å². The summed E-state index contributed by atoms with van der Waals surface area (Å²) in [5, 5.41) is 0. The molecule has 16 heavy (non-hydrogen) atoms. The van der Waals surface area contributed by atoms with Gasteiger partial charge in [-0.1, -0.05) is 28.1 Å². The van der Waals surface area contributed by atoms with E-state index in [9.17, 15) is 8.42 Å². The Labute approximate surface area is 109 Å². The highest BCUT2D eigenvalue weighted by Gasteiger charge is 2.09. The predicted octanol–water partition coefficient (Wildman–Crippen LogP) is 2.58. The van der Waals surface area contributed by atoms with Crippen LogP contribution in [-0.2, 0) is 21.3 Å². The molecule has 1 aromatic rings. The average Bonchev–Trinajstić information content (AvgIpc) is 2.06. The van der Waals surface area contributed by atoms with E-state index in [1.54, 1.807) is 12.1 Å². The van der Waals surface area contributed by atoms with E-state index in [-0.39, 0.29) is 5.75 Å². The molecule has 0 N–H and O–H groups in total. The van der Waals surface area contributed by atoms with Crippen LogP contribution in [-0.4, -0.2) is 27.4 Å². The van der Waals surface area contributed by atoms with E-state index in [2.05, 4.69) is 15.9 Å². The van der Waals surface area contributed by atoms with E-state index < -0.39 is 9.05 Å². The molecule has 0 aromatic heterocycles. The quantitative estimate of drug-likeness (QED) is 0.798. The Hall–Kier alpha value is -0.100. The van der Waals surface area contributed by atoms with Crippen LogP contribution < -0.4 is 0 Å². The second kappa shape index (κ2) is 5.49. The second-order valence-corrected chi connectivity index (χ2v) is 7.48. The zero-order valence-corrected chi connectivity index (χ0v) is 12.2. The van der Waals surface area contributed by atoms with Crippen molar-refractivity contribution in [3.05, 3.63) is 33.8 Å². The zero-order valence-electron chi connectivity index (χ0n) is 9.07. The first kappa shape index (κ1) is 14.0. The molecule has 0 aliphatic rings. The maximum Gasteiger partial charge on any atom is 0.236 e. The smallest absolute Gasteiger partial charge is 0.236 e. The lowest BCUT2D eigenvalue weighted by atomic mass is 10.1. The molecule has 0 aliphatic heterocycles. The highest BCUT2D eigenvalue weighted by molar-refractivity contribution is 9.10. The minimum atomic E-state index is -3.49. The predicted molar refractivity (Wildman–Crippen MR) is 70.0 cm³/mol. The Kier molecular flexibility index (Phi) is 4.79. The third kappa shape index (κ3) is 4.82. The highest BCUT2D eigenvalue weighted by Crippen LogP contribution is 2.21. The van der Waals surface area contributed by atoms with Gasteiger partial charge in [-0.3, -0.25) is 0 Å². The normalized spacial score (nSPS) is 12.1. The third-order valence-corrected chi connectivity index (χ3v) is 3.69. The molecule has 1 rings (SSSR count). The van der Waals surface area contributed by atoms with Gasteiger partial charge in [0.05, 0.1) is 5.75 Å². The molecule has 90 valence electrons. The zero-order chi connectivity index (χ0) is 12.3. The molecule has 1 aromatic carbocycles. The summed E-state index contributed by atoms with van der Waals surface area (Å²) >= 11 is 3.42. The molecule has 0 radical (unpaired) electrons. The molecule has 0 saturated carbocycles. The van der Waals surface area contributed by atoms with Crippen molar-refractivity contribution in [1.29, 1.82) is 0 Å². The molecule has 0 bridgehead atoms. The molecule has 3 nitrogen and oxygen atoms in total. The van der Waals surface area contributed by atoms with Gasteiger partial charge in [-0.2, -0.15) is 0 Å². The Morgan fingerprint density at radius 2 is 2.00 bits per heavy atom. The number of benzene rings is 1. The largest absolute Gasteiger partial charge is 0.305 e. The lowest BCUT2D eigenvalue weighted by Gasteiger charge is -2.12. The molecule has 0 saturated heterocycles. The van der Waals surface area contributed by atoms with Gasteiger partial charge in [-0.15, -0.1) is 0 Å². The fraction of sp³-hybridized carbons (Fsp3) is 0.400. The molecule has 0 amide bonds. The Bertz CT molecular complexity index is 474. The highest BCUT2D eigenvalue weighted by atomic mass is 79.9. The Morgan fingerprint density at radius 1 is 1.38 bits per heavy atom. The number of halogens is 2. The first-order chi connectivity index (χ1) is 7.28. The van der Waals surface area contributed by atoms with Crippen LogP contribution in [0.4, 0.5) is 0 Å². The molecule has 0 atom stereocenters. The van der Waals surface area contributed by atoms with Crippen molar-refractivity contribution in [2.24, 2.45) is 0 Å². The summed E-state index contributed by atoms with van der Waals surface area (Å²) < 4.78 is 22.7. The van der Waals surface area contributed by atoms with Crippen LogP contribution in [0.25, 0.3) is 0 Å². The van der Waals surface area contributed by atoms with Crippen molar-refractivity contribution in [3.63, 3.8) is 0 Å². The van der Waals surface area contributed by atoms with Crippen LogP contribution in [0.5, 0.6) is 0 Å². The summed E-state index contributed by atoms with van der Waals surface area (Å²) in [4.78, 5) is 2.04. The number of nitrogens with zero attached hydrogens (tertiary/aromatic N) is 1. The van der Waals surface area contributed by atoms with Crippen molar-refractivity contribution in [1.82, 2.24) is 4.90 Å². The summed E-state index contributed by atoms with van der Waals surface area (Å²) in [5.41, 5.74) is 1.80. The minimum absolute atomic E-state index is 0.143. The van der Waals surface area contributed by atoms with Crippen LogP contribution in [0.3, 0.4) is 0 Å². The van der Waals surface area contributed by atoms with Gasteiger partial charge in [0.15, 0.2) is 0 Å². The molecule has 0 heterocycles. The topological polar surface area (TPSA) is 37.4 Å². The van der Waals surface area contributed by atoms with Gasteiger partial charge >= 0.3 is 0 Å². The number of hydrogen-bond acceptors (Lipinski definition) is 3. The Balaban J connectivity index is 2.91. The van der Waals surface area contributed by atoms with Crippen LogP contribution >= 0.6 is 26.6 Å². The first-order valence-corrected chi connectivity index (χ1v) is 7.89. The van der Waals surface area contributed by atoms with Gasteiger partial charge in [-0.05, 0) is 31.3 Å². The standard InChI is InChI=1S/C10H13BrClNO2S/c1-13(2)6-9-4-3-8(5-10(9)11)7-16(12,14)15/h3-5H,6-7H2,1-2H3. The summed E-state index contributed by atoms with van der Waals surface area (Å²) in [6.45, 7) is 0.800. The van der Waals surface area contributed by atoms with Crippen molar-refractivity contribution < 1.29 is 8.42 Å². The van der Waals surface area contributed by atoms with E-state index >= 15 is 0 Å². The lowest BCUT2D eigenvalue weighted by Crippen LogP contribution is -2.11. The second-order valence-electron chi connectivity index (χ2n) is 3.85. The van der Waals surface area contributed by atoms with Crippen LogP contribution in [0.2, 0.25) is 0 Å². The van der Waals surface area contributed by atoms with Crippen LogP contribution in [0, 0.1) is 0 Å². The molecule has 0 aliphatic carbocycles. The van der Waals surface area contributed by atoms with Crippen molar-refractivity contribution in [2.45, 2.75) is 12.3 Å². The van der Waals surface area contributed by atoms with E-state index in [0.29, 0.717) is 5.56 Å². The minimum Gasteiger partial charge on any atom is -0.305 e. The monoisotopic (exact) mass is 325 g/mol. The van der Waals surface area contributed by atoms with Crippen molar-refractivity contribution in [3.8, 4) is 0 Å². The van der Waals surface area contributed by atoms with Crippen LogP contribution in [0.1, 0.15) is 11.1 Å². The number of hydrogen-bond donors (Lipinski definition) is 0. The first-order valence-electron chi connectivity index (χ1n) is 4.62. The molecular formula is C10H13BrClNO2S. The summed E-state index contributed by atoms with van der Waals surface area (Å²) in [7, 11) is 5.66. The van der Waals surface area contributed by atoms with E-state index in [1.807, 2.05) is 25.1 Å². The molecule has 0 fully saturated rings. The van der Waals surface area contributed by atoms with Gasteiger partial charge in [0.2, 0.25) is 9.05 Å². The SMILES string of the molecule is CN(C)Cc1ccc(CS(=O)(=O)Cl)cc1Br. The molecular weight excluding hydrogens is 314 g/mol. The summed E-state index contributed by atoms with van der Waals surface area (Å²) in [6, 6.07) is 5.48. The van der Waals surface area contributed by atoms with Crippen molar-refractivity contribution in [2.75, 3.05) is 14.1 Å². The van der Waals surface area contributed by atoms with Gasteiger partial charge in [-0.25, -0.2) is 8.42 Å². The van der Waals surface area contributed by atoms with Crippen molar-refractivity contribution >= 4 is 35.7 Å². The van der Waals surface area contributed by atoms with Gasteiger partial charge in [0.1, 0.15) is 0 Å². The summed E-state index contributed by atoms with van der Waals surface area (Å²) in [5.74, 6) is -0.143. The third-order valence-electron chi connectivity index (χ3n) is 1.94. The van der Waals surface area contributed by atoms with Crippen LogP contribution in [0.15, 0.2) is 22.7 Å². The maximum absolute atomic E-state index is 10.9.